The molecule has 25 heavy (non-hydrogen) atoms. The molecule has 1 aromatic heterocycles. The number of nitrogens with zero attached hydrogens (tertiary/aromatic N) is 1. The fourth-order valence-electron chi connectivity index (χ4n) is 3.32. The lowest BCUT2D eigenvalue weighted by molar-refractivity contribution is 0.0723. The normalized spacial score (nSPS) is 13.6. The summed E-state index contributed by atoms with van der Waals surface area (Å²) in [5, 5.41) is 0. The number of amides is 1. The van der Waals surface area contributed by atoms with Crippen molar-refractivity contribution < 1.29 is 14.3 Å². The number of ether oxygens (including phenoxy) is 1. The van der Waals surface area contributed by atoms with Crippen molar-refractivity contribution in [3.05, 3.63) is 52.3 Å². The summed E-state index contributed by atoms with van der Waals surface area (Å²) in [6.45, 7) is 5.77. The van der Waals surface area contributed by atoms with Crippen molar-refractivity contribution in [2.45, 2.75) is 46.2 Å². The molecule has 1 aliphatic rings. The number of hydrogen-bond acceptors (Lipinski definition) is 3. The van der Waals surface area contributed by atoms with Crippen molar-refractivity contribution in [1.29, 1.82) is 0 Å². The Morgan fingerprint density at radius 2 is 1.84 bits per heavy atom. The molecule has 5 heteroatoms. The Morgan fingerprint density at radius 1 is 1.20 bits per heavy atom. The fraction of sp³-hybridized carbons (Fsp3) is 0.400. The van der Waals surface area contributed by atoms with Crippen molar-refractivity contribution >= 4 is 11.7 Å². The Labute approximate surface area is 148 Å². The van der Waals surface area contributed by atoms with E-state index < -0.39 is 0 Å². The molecule has 0 radical (unpaired) electrons. The lowest BCUT2D eigenvalue weighted by Crippen LogP contribution is -2.33. The number of H-pyrrole nitrogens is 1. The van der Waals surface area contributed by atoms with Crippen molar-refractivity contribution in [3.8, 4) is 5.75 Å². The van der Waals surface area contributed by atoms with Gasteiger partial charge in [0.05, 0.1) is 7.11 Å². The maximum absolute atomic E-state index is 13.1. The highest BCUT2D eigenvalue weighted by Gasteiger charge is 2.35. The molecular formula is C20H24N2O3. The van der Waals surface area contributed by atoms with Gasteiger partial charge < -0.3 is 14.6 Å². The van der Waals surface area contributed by atoms with Gasteiger partial charge in [-0.2, -0.15) is 0 Å². The molecule has 2 aromatic rings. The Hall–Kier alpha value is -2.56. The van der Waals surface area contributed by atoms with E-state index in [2.05, 4.69) is 4.98 Å². The number of carbonyl (C=O) groups is 2. The third-order valence-electron chi connectivity index (χ3n) is 4.76. The molecular weight excluding hydrogens is 316 g/mol. The van der Waals surface area contributed by atoms with Crippen LogP contribution in [0.5, 0.6) is 5.75 Å². The summed E-state index contributed by atoms with van der Waals surface area (Å²) in [7, 11) is 1.64. The first-order valence-electron chi connectivity index (χ1n) is 8.56. The zero-order valence-corrected chi connectivity index (χ0v) is 15.2. The van der Waals surface area contributed by atoms with Crippen LogP contribution in [0.3, 0.4) is 0 Å². The van der Waals surface area contributed by atoms with Crippen LogP contribution in [-0.2, 0) is 6.54 Å². The number of rotatable bonds is 6. The Bertz CT molecular complexity index is 801. The Balaban J connectivity index is 1.87. The zero-order chi connectivity index (χ0) is 18.1. The fourth-order valence-corrected chi connectivity index (χ4v) is 3.32. The average molecular weight is 340 g/mol. The number of nitrogens with one attached hydrogen (secondary N) is 1. The summed E-state index contributed by atoms with van der Waals surface area (Å²) in [4.78, 5) is 30.0. The summed E-state index contributed by atoms with van der Waals surface area (Å²) in [6, 6.07) is 8.05. The largest absolute Gasteiger partial charge is 0.497 e. The predicted molar refractivity (Wildman–Crippen MR) is 96.2 cm³/mol. The smallest absolute Gasteiger partial charge is 0.271 e. The van der Waals surface area contributed by atoms with Gasteiger partial charge in [-0.15, -0.1) is 0 Å². The molecule has 1 amide bonds. The molecule has 132 valence electrons. The average Bonchev–Trinajstić information content (AvgIpc) is 3.37. The summed E-state index contributed by atoms with van der Waals surface area (Å²) >= 11 is 0. The van der Waals surface area contributed by atoms with E-state index in [0.717, 1.165) is 35.4 Å². The van der Waals surface area contributed by atoms with Gasteiger partial charge in [0.1, 0.15) is 11.4 Å². The molecule has 3 rings (SSSR count). The quantitative estimate of drug-likeness (QED) is 0.817. The molecule has 1 aromatic carbocycles. The van der Waals surface area contributed by atoms with Gasteiger partial charge in [0.2, 0.25) is 0 Å². The first-order chi connectivity index (χ1) is 11.9. The number of aryl methyl sites for hydroxylation is 1. The number of carbonyl (C=O) groups excluding carboxylic acids is 2. The highest BCUT2D eigenvalue weighted by molar-refractivity contribution is 6.02. The monoisotopic (exact) mass is 340 g/mol. The van der Waals surface area contributed by atoms with E-state index in [9.17, 15) is 9.59 Å². The lowest BCUT2D eigenvalue weighted by atomic mass is 10.1. The van der Waals surface area contributed by atoms with Crippen molar-refractivity contribution in [1.82, 2.24) is 9.88 Å². The van der Waals surface area contributed by atoms with Crippen LogP contribution in [0.2, 0.25) is 0 Å². The molecule has 0 atom stereocenters. The molecule has 1 aliphatic carbocycles. The van der Waals surface area contributed by atoms with E-state index >= 15 is 0 Å². The van der Waals surface area contributed by atoms with Crippen molar-refractivity contribution in [2.24, 2.45) is 0 Å². The van der Waals surface area contributed by atoms with E-state index in [1.54, 1.807) is 7.11 Å². The minimum Gasteiger partial charge on any atom is -0.497 e. The number of Topliss-reactive ketones (excluding diaryl/α,β-unsaturated/α-hetero) is 1. The zero-order valence-electron chi connectivity index (χ0n) is 15.2. The van der Waals surface area contributed by atoms with Crippen LogP contribution in [-0.4, -0.2) is 34.7 Å². The number of aromatic amines is 1. The summed E-state index contributed by atoms with van der Waals surface area (Å²) in [6.07, 6.45) is 2.06. The van der Waals surface area contributed by atoms with Gasteiger partial charge in [-0.25, -0.2) is 0 Å². The molecule has 1 saturated carbocycles. The third kappa shape index (κ3) is 3.45. The Kier molecular flexibility index (Phi) is 4.66. The molecule has 0 saturated heterocycles. The van der Waals surface area contributed by atoms with E-state index in [1.165, 1.54) is 6.92 Å². The Morgan fingerprint density at radius 3 is 2.32 bits per heavy atom. The highest BCUT2D eigenvalue weighted by Crippen LogP contribution is 2.31. The molecule has 1 fully saturated rings. The van der Waals surface area contributed by atoms with Gasteiger partial charge in [0, 0.05) is 23.8 Å². The van der Waals surface area contributed by atoms with Crippen LogP contribution in [0.25, 0.3) is 0 Å². The molecule has 1 heterocycles. The van der Waals surface area contributed by atoms with Gasteiger partial charge >= 0.3 is 0 Å². The van der Waals surface area contributed by atoms with Gasteiger partial charge in [0.15, 0.2) is 5.78 Å². The summed E-state index contributed by atoms with van der Waals surface area (Å²) in [5.74, 6) is 0.750. The number of ketones is 1. The van der Waals surface area contributed by atoms with Crippen LogP contribution in [0, 0.1) is 13.8 Å². The van der Waals surface area contributed by atoms with E-state index in [1.807, 2.05) is 43.0 Å². The number of hydrogen-bond donors (Lipinski definition) is 1. The van der Waals surface area contributed by atoms with Crippen molar-refractivity contribution in [2.75, 3.05) is 7.11 Å². The van der Waals surface area contributed by atoms with Gasteiger partial charge in [-0.3, -0.25) is 9.59 Å². The van der Waals surface area contributed by atoms with Crippen molar-refractivity contribution in [3.63, 3.8) is 0 Å². The van der Waals surface area contributed by atoms with Crippen LogP contribution >= 0.6 is 0 Å². The highest BCUT2D eigenvalue weighted by atomic mass is 16.5. The maximum Gasteiger partial charge on any atom is 0.271 e. The first-order valence-corrected chi connectivity index (χ1v) is 8.56. The predicted octanol–water partition coefficient (Wildman–Crippen LogP) is 3.65. The third-order valence-corrected chi connectivity index (χ3v) is 4.76. The van der Waals surface area contributed by atoms with Crippen LogP contribution in [0.15, 0.2) is 24.3 Å². The molecule has 0 aliphatic heterocycles. The minimum absolute atomic E-state index is 0.0153. The van der Waals surface area contributed by atoms with Gasteiger partial charge in [0.25, 0.3) is 5.91 Å². The summed E-state index contributed by atoms with van der Waals surface area (Å²) in [5.41, 5.74) is 3.73. The molecule has 0 unspecified atom stereocenters. The lowest BCUT2D eigenvalue weighted by Gasteiger charge is -2.22. The standard InChI is InChI=1S/C20H24N2O3/c1-12-18(14(3)23)13(2)21-19(12)20(24)22(16-7-8-16)11-15-5-9-17(25-4)10-6-15/h5-6,9-10,16,21H,7-8,11H2,1-4H3. The molecule has 0 spiro atoms. The van der Waals surface area contributed by atoms with Crippen LogP contribution in [0.1, 0.15) is 57.4 Å². The van der Waals surface area contributed by atoms with Crippen LogP contribution < -0.4 is 4.74 Å². The van der Waals surface area contributed by atoms with Gasteiger partial charge in [-0.1, -0.05) is 12.1 Å². The number of benzene rings is 1. The van der Waals surface area contributed by atoms with Crippen LogP contribution in [0.4, 0.5) is 0 Å². The number of aromatic nitrogens is 1. The second-order valence-corrected chi connectivity index (χ2v) is 6.69. The topological polar surface area (TPSA) is 62.4 Å². The SMILES string of the molecule is COc1ccc(CN(C(=O)c2[nH]c(C)c(C(C)=O)c2C)C2CC2)cc1. The van der Waals surface area contributed by atoms with E-state index in [-0.39, 0.29) is 17.7 Å². The second-order valence-electron chi connectivity index (χ2n) is 6.69. The minimum atomic E-state index is -0.0357. The van der Waals surface area contributed by atoms with E-state index in [4.69, 9.17) is 4.74 Å². The first kappa shape index (κ1) is 17.3. The second kappa shape index (κ2) is 6.75. The maximum atomic E-state index is 13.1. The number of methoxy groups -OCH3 is 1. The summed E-state index contributed by atoms with van der Waals surface area (Å²) < 4.78 is 5.19. The molecule has 0 bridgehead atoms. The molecule has 1 N–H and O–H groups in total. The molecule has 5 nitrogen and oxygen atoms in total. The van der Waals surface area contributed by atoms with Gasteiger partial charge in [-0.05, 0) is 56.9 Å². The van der Waals surface area contributed by atoms with E-state index in [0.29, 0.717) is 17.8 Å².